The van der Waals surface area contributed by atoms with E-state index in [4.69, 9.17) is 0 Å². The van der Waals surface area contributed by atoms with Crippen molar-refractivity contribution in [3.63, 3.8) is 0 Å². The summed E-state index contributed by atoms with van der Waals surface area (Å²) in [7, 11) is 0. The Balaban J connectivity index is 1.60. The maximum atomic E-state index is 4.60. The summed E-state index contributed by atoms with van der Waals surface area (Å²) in [6.07, 6.45) is 5.49. The molecule has 3 N–H and O–H groups in total. The molecule has 5 aromatic rings. The summed E-state index contributed by atoms with van der Waals surface area (Å²) in [6.45, 7) is 4.21. The summed E-state index contributed by atoms with van der Waals surface area (Å²) >= 11 is 0. The number of H-pyrrole nitrogens is 2. The van der Waals surface area contributed by atoms with Crippen LogP contribution in [0.2, 0.25) is 0 Å². The zero-order valence-electron chi connectivity index (χ0n) is 15.7. The standard InChI is InChI=1S/C22H20N6/c1-13(2)25-16-7-15(10-23-11-16)19-9-17-21(12-24-19)27-28-22(17)20-8-14-5-3-4-6-18(14)26-20/h3-13,25-26H,1-2H3,(H,27,28). The fourth-order valence-corrected chi connectivity index (χ4v) is 3.47. The molecule has 4 heterocycles. The van der Waals surface area contributed by atoms with Crippen LogP contribution in [0.4, 0.5) is 5.69 Å². The lowest BCUT2D eigenvalue weighted by atomic mass is 10.1. The minimum atomic E-state index is 0.343. The SMILES string of the molecule is CC(C)Nc1cncc(-c2cc3c(-c4cc5ccccc5[nH]4)n[nH]c3cn2)c1. The van der Waals surface area contributed by atoms with E-state index in [1.807, 2.05) is 30.7 Å². The summed E-state index contributed by atoms with van der Waals surface area (Å²) in [4.78, 5) is 12.4. The van der Waals surface area contributed by atoms with E-state index in [1.165, 1.54) is 5.39 Å². The highest BCUT2D eigenvalue weighted by atomic mass is 15.1. The first kappa shape index (κ1) is 16.5. The number of fused-ring (bicyclic) bond motifs is 2. The maximum Gasteiger partial charge on any atom is 0.116 e. The molecule has 5 rings (SSSR count). The van der Waals surface area contributed by atoms with E-state index < -0.39 is 0 Å². The third-order valence-corrected chi connectivity index (χ3v) is 4.72. The van der Waals surface area contributed by atoms with E-state index in [0.717, 1.165) is 44.8 Å². The van der Waals surface area contributed by atoms with Gasteiger partial charge in [-0.1, -0.05) is 18.2 Å². The van der Waals surface area contributed by atoms with Crippen LogP contribution >= 0.6 is 0 Å². The molecule has 1 aromatic carbocycles. The number of aromatic nitrogens is 5. The van der Waals surface area contributed by atoms with Crippen molar-refractivity contribution < 1.29 is 0 Å². The van der Waals surface area contributed by atoms with Gasteiger partial charge >= 0.3 is 0 Å². The number of hydrogen-bond donors (Lipinski definition) is 3. The molecule has 28 heavy (non-hydrogen) atoms. The molecule has 0 spiro atoms. The van der Waals surface area contributed by atoms with Gasteiger partial charge in [0.15, 0.2) is 0 Å². The first-order valence-electron chi connectivity index (χ1n) is 9.31. The molecule has 0 unspecified atom stereocenters. The first-order chi connectivity index (χ1) is 13.7. The van der Waals surface area contributed by atoms with Gasteiger partial charge in [-0.3, -0.25) is 15.1 Å². The molecule has 0 amide bonds. The Kier molecular flexibility index (Phi) is 3.83. The van der Waals surface area contributed by atoms with Crippen LogP contribution in [0.5, 0.6) is 0 Å². The highest BCUT2D eigenvalue weighted by Gasteiger charge is 2.13. The summed E-state index contributed by atoms with van der Waals surface area (Å²) in [5.41, 5.74) is 6.69. The minimum absolute atomic E-state index is 0.343. The highest BCUT2D eigenvalue weighted by Crippen LogP contribution is 2.31. The van der Waals surface area contributed by atoms with Crippen molar-refractivity contribution in [1.29, 1.82) is 0 Å². The molecule has 0 radical (unpaired) electrons. The molecule has 0 aliphatic carbocycles. The van der Waals surface area contributed by atoms with Gasteiger partial charge in [-0.25, -0.2) is 0 Å². The lowest BCUT2D eigenvalue weighted by Crippen LogP contribution is -2.09. The molecule has 0 saturated carbocycles. The van der Waals surface area contributed by atoms with E-state index in [2.05, 4.69) is 74.6 Å². The lowest BCUT2D eigenvalue weighted by Gasteiger charge is -2.10. The molecule has 6 nitrogen and oxygen atoms in total. The van der Waals surface area contributed by atoms with Gasteiger partial charge in [0.25, 0.3) is 0 Å². The Morgan fingerprint density at radius 3 is 2.71 bits per heavy atom. The second-order valence-corrected chi connectivity index (χ2v) is 7.22. The van der Waals surface area contributed by atoms with Crippen molar-refractivity contribution in [3.05, 3.63) is 61.1 Å². The zero-order valence-corrected chi connectivity index (χ0v) is 15.7. The minimum Gasteiger partial charge on any atom is -0.382 e. The summed E-state index contributed by atoms with van der Waals surface area (Å²) in [5, 5.41) is 13.2. The van der Waals surface area contributed by atoms with Gasteiger partial charge in [0.1, 0.15) is 5.69 Å². The number of aromatic amines is 2. The Morgan fingerprint density at radius 1 is 0.964 bits per heavy atom. The second-order valence-electron chi connectivity index (χ2n) is 7.22. The van der Waals surface area contributed by atoms with Crippen LogP contribution < -0.4 is 5.32 Å². The van der Waals surface area contributed by atoms with Crippen molar-refractivity contribution in [2.24, 2.45) is 0 Å². The molecule has 4 aromatic heterocycles. The molecular weight excluding hydrogens is 348 g/mol. The predicted octanol–water partition coefficient (Wildman–Crippen LogP) is 4.99. The number of para-hydroxylation sites is 1. The fraction of sp³-hybridized carbons (Fsp3) is 0.136. The largest absolute Gasteiger partial charge is 0.382 e. The van der Waals surface area contributed by atoms with Crippen molar-refractivity contribution in [3.8, 4) is 22.6 Å². The molecule has 138 valence electrons. The van der Waals surface area contributed by atoms with Crippen LogP contribution in [0, 0.1) is 0 Å². The van der Waals surface area contributed by atoms with Crippen molar-refractivity contribution in [1.82, 2.24) is 25.1 Å². The number of nitrogens with zero attached hydrogens (tertiary/aromatic N) is 3. The van der Waals surface area contributed by atoms with Gasteiger partial charge in [0.2, 0.25) is 0 Å². The number of benzene rings is 1. The average molecular weight is 368 g/mol. The lowest BCUT2D eigenvalue weighted by molar-refractivity contribution is 0.898. The van der Waals surface area contributed by atoms with Crippen LogP contribution in [-0.2, 0) is 0 Å². The van der Waals surface area contributed by atoms with Gasteiger partial charge in [-0.05, 0) is 38.1 Å². The molecule has 0 saturated heterocycles. The quantitative estimate of drug-likeness (QED) is 0.417. The van der Waals surface area contributed by atoms with Gasteiger partial charge in [0, 0.05) is 40.3 Å². The molecule has 0 bridgehead atoms. The Hall–Kier alpha value is -3.67. The zero-order chi connectivity index (χ0) is 19.1. The topological polar surface area (TPSA) is 82.3 Å². The molecular formula is C22H20N6. The first-order valence-corrected chi connectivity index (χ1v) is 9.31. The van der Waals surface area contributed by atoms with Gasteiger partial charge in [-0.15, -0.1) is 0 Å². The molecule has 0 aliphatic heterocycles. The van der Waals surface area contributed by atoms with E-state index in [9.17, 15) is 0 Å². The Bertz CT molecular complexity index is 1250. The Labute approximate surface area is 162 Å². The van der Waals surface area contributed by atoms with E-state index in [0.29, 0.717) is 6.04 Å². The van der Waals surface area contributed by atoms with Crippen LogP contribution in [0.3, 0.4) is 0 Å². The summed E-state index contributed by atoms with van der Waals surface area (Å²) in [6, 6.07) is 14.8. The average Bonchev–Trinajstić information content (AvgIpc) is 3.30. The normalized spacial score (nSPS) is 11.5. The Morgan fingerprint density at radius 2 is 1.86 bits per heavy atom. The number of hydrogen-bond acceptors (Lipinski definition) is 4. The second kappa shape index (κ2) is 6.49. The van der Waals surface area contributed by atoms with Gasteiger partial charge in [-0.2, -0.15) is 5.10 Å². The number of nitrogens with one attached hydrogen (secondary N) is 3. The summed E-state index contributed by atoms with van der Waals surface area (Å²) in [5.74, 6) is 0. The van der Waals surface area contributed by atoms with Crippen molar-refractivity contribution in [2.75, 3.05) is 5.32 Å². The molecule has 0 aliphatic rings. The van der Waals surface area contributed by atoms with E-state index in [1.54, 1.807) is 0 Å². The van der Waals surface area contributed by atoms with Crippen LogP contribution in [-0.4, -0.2) is 31.2 Å². The third kappa shape index (κ3) is 2.89. The monoisotopic (exact) mass is 368 g/mol. The third-order valence-electron chi connectivity index (χ3n) is 4.72. The molecule has 0 atom stereocenters. The van der Waals surface area contributed by atoms with Crippen molar-refractivity contribution >= 4 is 27.5 Å². The number of pyridine rings is 2. The molecule has 0 fully saturated rings. The van der Waals surface area contributed by atoms with Crippen LogP contribution in [0.25, 0.3) is 44.5 Å². The number of anilines is 1. The van der Waals surface area contributed by atoms with E-state index in [-0.39, 0.29) is 0 Å². The van der Waals surface area contributed by atoms with Crippen LogP contribution in [0.15, 0.2) is 61.1 Å². The molecule has 6 heteroatoms. The summed E-state index contributed by atoms with van der Waals surface area (Å²) < 4.78 is 0. The van der Waals surface area contributed by atoms with Gasteiger partial charge in [0.05, 0.1) is 28.8 Å². The van der Waals surface area contributed by atoms with Crippen molar-refractivity contribution in [2.45, 2.75) is 19.9 Å². The number of rotatable bonds is 4. The van der Waals surface area contributed by atoms with Gasteiger partial charge < -0.3 is 10.3 Å². The predicted molar refractivity (Wildman–Crippen MR) is 113 cm³/mol. The van der Waals surface area contributed by atoms with Crippen LogP contribution in [0.1, 0.15) is 13.8 Å². The highest BCUT2D eigenvalue weighted by molar-refractivity contribution is 5.96. The maximum absolute atomic E-state index is 4.60. The van der Waals surface area contributed by atoms with E-state index >= 15 is 0 Å². The fourth-order valence-electron chi connectivity index (χ4n) is 3.47. The smallest absolute Gasteiger partial charge is 0.116 e.